The van der Waals surface area contributed by atoms with Crippen LogP contribution in [0.2, 0.25) is 0 Å². The Morgan fingerprint density at radius 3 is 2.72 bits per heavy atom. The van der Waals surface area contributed by atoms with Gasteiger partial charge < -0.3 is 15.8 Å². The van der Waals surface area contributed by atoms with Gasteiger partial charge in [0.15, 0.2) is 5.84 Å². The monoisotopic (exact) mass is 253 g/mol. The minimum absolute atomic E-state index is 0.0955. The standard InChI is InChI=1S/C13H23N3O2/c1-2-16(8-12(14)15-18)13(17)7-11-6-9-3-4-10(11)5-9/h9-11,18H,2-8H2,1H3,(H2,14,15). The summed E-state index contributed by atoms with van der Waals surface area (Å²) in [6.45, 7) is 2.76. The number of nitrogens with zero attached hydrogens (tertiary/aromatic N) is 2. The van der Waals surface area contributed by atoms with Crippen molar-refractivity contribution in [2.24, 2.45) is 28.6 Å². The Balaban J connectivity index is 1.86. The van der Waals surface area contributed by atoms with Crippen molar-refractivity contribution in [1.29, 1.82) is 0 Å². The summed E-state index contributed by atoms with van der Waals surface area (Å²) in [5, 5.41) is 11.5. The highest BCUT2D eigenvalue weighted by Gasteiger charge is 2.40. The third-order valence-corrected chi connectivity index (χ3v) is 4.54. The first-order valence-corrected chi connectivity index (χ1v) is 6.88. The quantitative estimate of drug-likeness (QED) is 0.336. The van der Waals surface area contributed by atoms with Gasteiger partial charge >= 0.3 is 0 Å². The van der Waals surface area contributed by atoms with E-state index in [0.29, 0.717) is 18.9 Å². The van der Waals surface area contributed by atoms with E-state index in [1.54, 1.807) is 4.90 Å². The van der Waals surface area contributed by atoms with E-state index >= 15 is 0 Å². The van der Waals surface area contributed by atoms with Crippen LogP contribution in [0.5, 0.6) is 0 Å². The van der Waals surface area contributed by atoms with Gasteiger partial charge in [0.05, 0.1) is 6.54 Å². The molecule has 3 N–H and O–H groups in total. The minimum atomic E-state index is 0.0955. The van der Waals surface area contributed by atoms with Crippen LogP contribution in [0.3, 0.4) is 0 Å². The number of carbonyl (C=O) groups excluding carboxylic acids is 1. The smallest absolute Gasteiger partial charge is 0.223 e. The molecule has 0 radical (unpaired) electrons. The van der Waals surface area contributed by atoms with E-state index in [1.165, 1.54) is 25.7 Å². The van der Waals surface area contributed by atoms with Crippen molar-refractivity contribution in [3.8, 4) is 0 Å². The zero-order valence-corrected chi connectivity index (χ0v) is 11.0. The number of oxime groups is 1. The molecule has 5 nitrogen and oxygen atoms in total. The van der Waals surface area contributed by atoms with E-state index in [1.807, 2.05) is 6.92 Å². The molecule has 0 heterocycles. The molecule has 18 heavy (non-hydrogen) atoms. The molecule has 2 aliphatic rings. The number of rotatable bonds is 5. The van der Waals surface area contributed by atoms with E-state index in [4.69, 9.17) is 10.9 Å². The Hall–Kier alpha value is -1.26. The van der Waals surface area contributed by atoms with Gasteiger partial charge in [-0.15, -0.1) is 0 Å². The van der Waals surface area contributed by atoms with E-state index in [-0.39, 0.29) is 18.3 Å². The van der Waals surface area contributed by atoms with Gasteiger partial charge in [-0.25, -0.2) is 0 Å². The summed E-state index contributed by atoms with van der Waals surface area (Å²) in [5.74, 6) is 2.44. The maximum atomic E-state index is 12.2. The van der Waals surface area contributed by atoms with Gasteiger partial charge in [0.25, 0.3) is 0 Å². The molecule has 2 aliphatic carbocycles. The average molecular weight is 253 g/mol. The molecule has 0 saturated heterocycles. The van der Waals surface area contributed by atoms with Gasteiger partial charge in [-0.2, -0.15) is 0 Å². The van der Waals surface area contributed by atoms with Crippen molar-refractivity contribution in [3.63, 3.8) is 0 Å². The van der Waals surface area contributed by atoms with Gasteiger partial charge in [-0.3, -0.25) is 4.79 Å². The molecule has 0 aromatic rings. The molecule has 0 aromatic carbocycles. The van der Waals surface area contributed by atoms with Gasteiger partial charge in [0.1, 0.15) is 0 Å². The largest absolute Gasteiger partial charge is 0.409 e. The summed E-state index contributed by atoms with van der Waals surface area (Å²) in [4.78, 5) is 13.9. The Bertz CT molecular complexity index is 343. The van der Waals surface area contributed by atoms with Gasteiger partial charge in [-0.1, -0.05) is 11.6 Å². The van der Waals surface area contributed by atoms with Gasteiger partial charge in [0.2, 0.25) is 5.91 Å². The first-order chi connectivity index (χ1) is 8.63. The molecular weight excluding hydrogens is 230 g/mol. The van der Waals surface area contributed by atoms with Crippen molar-refractivity contribution in [2.75, 3.05) is 13.1 Å². The molecule has 2 bridgehead atoms. The summed E-state index contributed by atoms with van der Waals surface area (Å²) >= 11 is 0. The number of amidine groups is 1. The fraction of sp³-hybridized carbons (Fsp3) is 0.846. The van der Waals surface area contributed by atoms with Crippen LogP contribution in [0.4, 0.5) is 0 Å². The predicted molar refractivity (Wildman–Crippen MR) is 69.2 cm³/mol. The maximum Gasteiger partial charge on any atom is 0.223 e. The molecular formula is C13H23N3O2. The molecule has 3 unspecified atom stereocenters. The van der Waals surface area contributed by atoms with E-state index in [0.717, 1.165) is 11.8 Å². The first kappa shape index (κ1) is 13.2. The van der Waals surface area contributed by atoms with E-state index in [9.17, 15) is 4.79 Å². The molecule has 1 amide bonds. The Morgan fingerprint density at radius 1 is 1.44 bits per heavy atom. The molecule has 2 fully saturated rings. The highest BCUT2D eigenvalue weighted by atomic mass is 16.4. The van der Waals surface area contributed by atoms with Crippen LogP contribution in [0.1, 0.15) is 39.0 Å². The van der Waals surface area contributed by atoms with Crippen LogP contribution in [-0.4, -0.2) is 34.9 Å². The van der Waals surface area contributed by atoms with Gasteiger partial charge in [-0.05, 0) is 43.9 Å². The Kier molecular flexibility index (Phi) is 4.09. The first-order valence-electron chi connectivity index (χ1n) is 6.88. The van der Waals surface area contributed by atoms with Gasteiger partial charge in [0, 0.05) is 13.0 Å². The second-order valence-electron chi connectivity index (χ2n) is 5.64. The number of hydrogen-bond acceptors (Lipinski definition) is 3. The lowest BCUT2D eigenvalue weighted by Gasteiger charge is -2.25. The summed E-state index contributed by atoms with van der Waals surface area (Å²) in [6, 6.07) is 0. The van der Waals surface area contributed by atoms with Crippen molar-refractivity contribution in [2.45, 2.75) is 39.0 Å². The highest BCUT2D eigenvalue weighted by Crippen LogP contribution is 2.49. The van der Waals surface area contributed by atoms with Crippen LogP contribution >= 0.6 is 0 Å². The number of amides is 1. The molecule has 2 saturated carbocycles. The number of nitrogens with two attached hydrogens (primary N) is 1. The lowest BCUT2D eigenvalue weighted by molar-refractivity contribution is -0.131. The normalized spacial score (nSPS) is 30.7. The number of carbonyl (C=O) groups is 1. The summed E-state index contributed by atoms with van der Waals surface area (Å²) in [7, 11) is 0. The average Bonchev–Trinajstić information content (AvgIpc) is 2.97. The number of fused-ring (bicyclic) bond motifs is 2. The van der Waals surface area contributed by atoms with Crippen LogP contribution in [0, 0.1) is 17.8 Å². The molecule has 0 spiro atoms. The number of hydrogen-bond donors (Lipinski definition) is 2. The van der Waals surface area contributed by atoms with Crippen molar-refractivity contribution < 1.29 is 10.0 Å². The van der Waals surface area contributed by atoms with Crippen LogP contribution in [-0.2, 0) is 4.79 Å². The van der Waals surface area contributed by atoms with Crippen LogP contribution in [0.15, 0.2) is 5.16 Å². The molecule has 2 rings (SSSR count). The molecule has 3 atom stereocenters. The third kappa shape index (κ3) is 2.76. The summed E-state index contributed by atoms with van der Waals surface area (Å²) < 4.78 is 0. The van der Waals surface area contributed by atoms with E-state index in [2.05, 4.69) is 5.16 Å². The lowest BCUT2D eigenvalue weighted by Crippen LogP contribution is -2.39. The van der Waals surface area contributed by atoms with E-state index < -0.39 is 0 Å². The molecule has 0 aliphatic heterocycles. The molecule has 102 valence electrons. The third-order valence-electron chi connectivity index (χ3n) is 4.54. The van der Waals surface area contributed by atoms with Crippen molar-refractivity contribution in [1.82, 2.24) is 4.90 Å². The Morgan fingerprint density at radius 2 is 2.22 bits per heavy atom. The zero-order valence-electron chi connectivity index (χ0n) is 11.0. The second-order valence-corrected chi connectivity index (χ2v) is 5.64. The Labute approximate surface area is 108 Å². The fourth-order valence-electron chi connectivity index (χ4n) is 3.58. The van der Waals surface area contributed by atoms with Crippen molar-refractivity contribution >= 4 is 11.7 Å². The van der Waals surface area contributed by atoms with Crippen molar-refractivity contribution in [3.05, 3.63) is 0 Å². The maximum absolute atomic E-state index is 12.2. The number of likely N-dealkylation sites (N-methyl/N-ethyl adjacent to an activating group) is 1. The SMILES string of the molecule is CCN(CC(N)=NO)C(=O)CC1CC2CCC1C2. The topological polar surface area (TPSA) is 78.9 Å². The van der Waals surface area contributed by atoms with Crippen LogP contribution in [0.25, 0.3) is 0 Å². The lowest BCUT2D eigenvalue weighted by atomic mass is 9.86. The van der Waals surface area contributed by atoms with Crippen LogP contribution < -0.4 is 5.73 Å². The second kappa shape index (κ2) is 5.59. The fourth-order valence-corrected chi connectivity index (χ4v) is 3.58. The molecule has 0 aromatic heterocycles. The highest BCUT2D eigenvalue weighted by molar-refractivity contribution is 5.87. The minimum Gasteiger partial charge on any atom is -0.409 e. The summed E-state index contributed by atoms with van der Waals surface area (Å²) in [6.07, 6.45) is 5.83. The zero-order chi connectivity index (χ0) is 13.1. The summed E-state index contributed by atoms with van der Waals surface area (Å²) in [5.41, 5.74) is 5.46. The predicted octanol–water partition coefficient (Wildman–Crippen LogP) is 1.41. The molecule has 5 heteroatoms.